The molecule has 1 spiro atoms. The molecule has 0 radical (unpaired) electrons. The van der Waals surface area contributed by atoms with Gasteiger partial charge >= 0.3 is 0 Å². The van der Waals surface area contributed by atoms with Crippen LogP contribution in [0.25, 0.3) is 0 Å². The largest absolute Gasteiger partial charge is 0.394 e. The van der Waals surface area contributed by atoms with Crippen LogP contribution in [-0.2, 0) is 19.1 Å². The van der Waals surface area contributed by atoms with Crippen molar-refractivity contribution < 1.29 is 24.2 Å². The van der Waals surface area contributed by atoms with Crippen molar-refractivity contribution in [2.75, 3.05) is 31.1 Å². The van der Waals surface area contributed by atoms with Gasteiger partial charge in [0.2, 0.25) is 11.8 Å². The lowest BCUT2D eigenvalue weighted by atomic mass is 9.74. The highest BCUT2D eigenvalue weighted by Gasteiger charge is 2.75. The van der Waals surface area contributed by atoms with E-state index in [0.29, 0.717) is 30.2 Å². The molecule has 4 aliphatic heterocycles. The van der Waals surface area contributed by atoms with E-state index < -0.39 is 35.1 Å². The van der Waals surface area contributed by atoms with Crippen LogP contribution in [0.5, 0.6) is 0 Å². The van der Waals surface area contributed by atoms with Gasteiger partial charge < -0.3 is 24.5 Å². The van der Waals surface area contributed by atoms with Crippen molar-refractivity contribution in [2.45, 2.75) is 63.8 Å². The maximum absolute atomic E-state index is 14.5. The normalized spacial score (nSPS) is 32.8. The zero-order chi connectivity index (χ0) is 28.1. The zero-order valence-electron chi connectivity index (χ0n) is 23.0. The highest BCUT2D eigenvalue weighted by Crippen LogP contribution is 2.58. The molecule has 3 amide bonds. The Morgan fingerprint density at radius 2 is 1.72 bits per heavy atom. The van der Waals surface area contributed by atoms with Crippen molar-refractivity contribution in [3.05, 3.63) is 53.6 Å². The summed E-state index contributed by atoms with van der Waals surface area (Å²) in [6, 6.07) is 5.37. The minimum Gasteiger partial charge on any atom is -0.394 e. The Hall–Kier alpha value is -2.68. The molecule has 1 N–H and O–H groups in total. The van der Waals surface area contributed by atoms with Gasteiger partial charge in [-0.15, -0.1) is 0 Å². The quantitative estimate of drug-likeness (QED) is 0.521. The van der Waals surface area contributed by atoms with Gasteiger partial charge in [-0.3, -0.25) is 14.4 Å². The maximum Gasteiger partial charge on any atom is 0.253 e. The summed E-state index contributed by atoms with van der Waals surface area (Å²) in [6.07, 6.45) is 8.82. The molecule has 1 aromatic carbocycles. The number of nitrogens with zero attached hydrogens (tertiary/aromatic N) is 3. The van der Waals surface area contributed by atoms with Crippen LogP contribution in [0.1, 0.15) is 40.5 Å². The minimum atomic E-state index is -1.35. The van der Waals surface area contributed by atoms with Gasteiger partial charge in [0, 0.05) is 30.3 Å². The summed E-state index contributed by atoms with van der Waals surface area (Å²) in [6.45, 7) is 8.91. The van der Waals surface area contributed by atoms with Crippen LogP contribution in [0.15, 0.2) is 48.6 Å². The van der Waals surface area contributed by atoms with E-state index in [0.717, 1.165) is 6.42 Å². The molecular weight excluding hydrogens is 518 g/mol. The Labute approximate surface area is 235 Å². The number of aliphatic hydroxyl groups excluding tert-OH is 1. The third kappa shape index (κ3) is 4.41. The van der Waals surface area contributed by atoms with Crippen molar-refractivity contribution in [2.24, 2.45) is 17.8 Å². The molecule has 2 saturated heterocycles. The number of rotatable bonds is 7. The Morgan fingerprint density at radius 3 is 2.36 bits per heavy atom. The molecule has 2 fully saturated rings. The van der Waals surface area contributed by atoms with Crippen molar-refractivity contribution in [3.8, 4) is 0 Å². The van der Waals surface area contributed by atoms with Crippen molar-refractivity contribution >= 4 is 35.0 Å². The maximum atomic E-state index is 14.5. The molecule has 4 aliphatic rings. The van der Waals surface area contributed by atoms with Crippen molar-refractivity contribution in [1.82, 2.24) is 9.80 Å². The second-order valence-electron chi connectivity index (χ2n) is 11.7. The summed E-state index contributed by atoms with van der Waals surface area (Å²) in [5.74, 6) is -2.27. The molecule has 6 atom stereocenters. The zero-order valence-corrected chi connectivity index (χ0v) is 23.8. The van der Waals surface area contributed by atoms with Crippen LogP contribution in [0.3, 0.4) is 0 Å². The first-order chi connectivity index (χ1) is 18.6. The van der Waals surface area contributed by atoms with Gasteiger partial charge in [0.05, 0.1) is 30.1 Å². The van der Waals surface area contributed by atoms with E-state index in [1.807, 2.05) is 52.0 Å². The molecule has 0 saturated carbocycles. The molecule has 5 rings (SSSR count). The third-order valence-corrected chi connectivity index (χ3v) is 8.81. The number of likely N-dealkylation sites (tertiary alicyclic amines) is 1. The minimum absolute atomic E-state index is 0.135. The Bertz CT molecular complexity index is 1200. The van der Waals surface area contributed by atoms with E-state index in [2.05, 4.69) is 0 Å². The summed E-state index contributed by atoms with van der Waals surface area (Å²) < 4.78 is 6.87. The van der Waals surface area contributed by atoms with Crippen LogP contribution in [0, 0.1) is 17.8 Å². The number of carbonyl (C=O) groups excluding carboxylic acids is 3. The smallest absolute Gasteiger partial charge is 0.253 e. The van der Waals surface area contributed by atoms with Gasteiger partial charge in [0.1, 0.15) is 11.6 Å². The van der Waals surface area contributed by atoms with Crippen molar-refractivity contribution in [1.29, 1.82) is 0 Å². The van der Waals surface area contributed by atoms with E-state index in [1.54, 1.807) is 34.1 Å². The topological polar surface area (TPSA) is 90.4 Å². The molecule has 1 aromatic rings. The first-order valence-electron chi connectivity index (χ1n) is 13.9. The Morgan fingerprint density at radius 1 is 1.03 bits per heavy atom. The number of benzene rings is 1. The molecule has 9 heteroatoms. The lowest BCUT2D eigenvalue weighted by Crippen LogP contribution is -2.59. The van der Waals surface area contributed by atoms with E-state index in [1.165, 1.54) is 4.90 Å². The third-order valence-electron chi connectivity index (χ3n) is 8.56. The number of anilines is 1. The molecule has 4 heterocycles. The monoisotopic (exact) mass is 555 g/mol. The van der Waals surface area contributed by atoms with E-state index >= 15 is 0 Å². The van der Waals surface area contributed by atoms with Crippen LogP contribution in [0.2, 0.25) is 5.02 Å². The fourth-order valence-electron chi connectivity index (χ4n) is 7.05. The lowest BCUT2D eigenvalue weighted by molar-refractivity contribution is -0.151. The molecule has 8 nitrogen and oxygen atoms in total. The van der Waals surface area contributed by atoms with Crippen LogP contribution < -0.4 is 4.90 Å². The van der Waals surface area contributed by atoms with Gasteiger partial charge in [0.25, 0.3) is 5.91 Å². The fraction of sp³-hybridized carbons (Fsp3) is 0.567. The Kier molecular flexibility index (Phi) is 7.42. The average molecular weight is 556 g/mol. The molecule has 0 aromatic heterocycles. The number of fused-ring (bicyclic) bond motifs is 2. The van der Waals surface area contributed by atoms with Crippen LogP contribution in [0.4, 0.5) is 5.69 Å². The number of carbonyl (C=O) groups is 3. The summed E-state index contributed by atoms with van der Waals surface area (Å²) >= 11 is 6.12. The number of ether oxygens (including phenoxy) is 1. The van der Waals surface area contributed by atoms with Gasteiger partial charge in [-0.05, 0) is 49.9 Å². The summed E-state index contributed by atoms with van der Waals surface area (Å²) in [5.41, 5.74) is -1.76. The molecule has 0 aliphatic carbocycles. The van der Waals surface area contributed by atoms with Gasteiger partial charge in [0.15, 0.2) is 0 Å². The SMILES string of the molecule is CCCN1CC=C[C@]2(C)O[C@]34C=CCN(c5ccc(Cl)cc5)C(=O)C3N([C@@H](CO)CC(C)C)C(=O)[C@@H]4[C@@H]2C1=O. The average Bonchev–Trinajstić information content (AvgIpc) is 3.17. The molecule has 210 valence electrons. The van der Waals surface area contributed by atoms with Crippen LogP contribution >= 0.6 is 11.6 Å². The second kappa shape index (κ2) is 10.4. The number of halogens is 1. The van der Waals surface area contributed by atoms with E-state index in [4.69, 9.17) is 16.3 Å². The van der Waals surface area contributed by atoms with Gasteiger partial charge in [-0.25, -0.2) is 0 Å². The van der Waals surface area contributed by atoms with Crippen LogP contribution in [-0.4, -0.2) is 82.2 Å². The molecular formula is C30H38ClN3O5. The molecule has 1 unspecified atom stereocenters. The molecule has 0 bridgehead atoms. The first kappa shape index (κ1) is 27.9. The predicted molar refractivity (Wildman–Crippen MR) is 149 cm³/mol. The first-order valence-corrected chi connectivity index (χ1v) is 14.3. The molecule has 39 heavy (non-hydrogen) atoms. The predicted octanol–water partition coefficient (Wildman–Crippen LogP) is 3.43. The lowest BCUT2D eigenvalue weighted by Gasteiger charge is -2.40. The highest BCUT2D eigenvalue weighted by molar-refractivity contribution is 6.30. The van der Waals surface area contributed by atoms with Crippen molar-refractivity contribution in [3.63, 3.8) is 0 Å². The van der Waals surface area contributed by atoms with E-state index in [9.17, 15) is 19.5 Å². The number of amides is 3. The number of aliphatic hydroxyl groups is 1. The number of hydrogen-bond acceptors (Lipinski definition) is 5. The summed E-state index contributed by atoms with van der Waals surface area (Å²) in [7, 11) is 0. The van der Waals surface area contributed by atoms with E-state index in [-0.39, 0.29) is 36.8 Å². The second-order valence-corrected chi connectivity index (χ2v) is 12.2. The number of hydrogen-bond donors (Lipinski definition) is 1. The van der Waals surface area contributed by atoms with Gasteiger partial charge in [-0.2, -0.15) is 0 Å². The summed E-state index contributed by atoms with van der Waals surface area (Å²) in [4.78, 5) is 48.0. The summed E-state index contributed by atoms with van der Waals surface area (Å²) in [5, 5.41) is 11.0. The standard InChI is InChI=1S/C30H38ClN3O5/c1-5-14-32-15-6-12-29(4)23(26(32)36)24-27(37)34(22(18-35)17-19(2)3)25-28(38)33(16-7-13-30(24,25)39-29)21-10-8-20(31)9-11-21/h6-13,19,22-25,35H,5,14-18H2,1-4H3/t22-,23-,24+,25?,29+,30+/m1/s1. The van der Waals surface area contributed by atoms with Gasteiger partial charge in [-0.1, -0.05) is 56.7 Å². The fourth-order valence-corrected chi connectivity index (χ4v) is 7.17. The Balaban J connectivity index is 1.67. The highest BCUT2D eigenvalue weighted by atomic mass is 35.5.